The van der Waals surface area contributed by atoms with Gasteiger partial charge in [-0.05, 0) is 54.2 Å². The van der Waals surface area contributed by atoms with Crippen molar-refractivity contribution < 1.29 is 26.7 Å². The molecule has 0 bridgehead atoms. The zero-order chi connectivity index (χ0) is 26.3. The SMILES string of the molecule is CO[C@H]1CC(F)=C[C@@H](Nc2nnc(-c3cc(C)c4cc(NCC(F)(F)F)cc(C(C)(C)C)c4n3)o2)C1. The van der Waals surface area contributed by atoms with Gasteiger partial charge in [-0.3, -0.25) is 0 Å². The van der Waals surface area contributed by atoms with Gasteiger partial charge < -0.3 is 19.8 Å². The molecule has 1 aromatic carbocycles. The van der Waals surface area contributed by atoms with Crippen molar-refractivity contribution in [2.24, 2.45) is 0 Å². The van der Waals surface area contributed by atoms with E-state index >= 15 is 0 Å². The largest absolute Gasteiger partial charge is 0.405 e. The summed E-state index contributed by atoms with van der Waals surface area (Å²) in [7, 11) is 1.54. The molecule has 0 radical (unpaired) electrons. The van der Waals surface area contributed by atoms with Gasteiger partial charge in [-0.2, -0.15) is 13.2 Å². The molecule has 11 heteroatoms. The fraction of sp³-hybridized carbons (Fsp3) is 0.480. The first-order chi connectivity index (χ1) is 16.8. The summed E-state index contributed by atoms with van der Waals surface area (Å²) in [6, 6.07) is 4.87. The van der Waals surface area contributed by atoms with E-state index in [9.17, 15) is 17.6 Å². The fourth-order valence-electron chi connectivity index (χ4n) is 4.24. The molecular formula is C25H29F4N5O2. The van der Waals surface area contributed by atoms with Crippen LogP contribution in [0.5, 0.6) is 0 Å². The van der Waals surface area contributed by atoms with E-state index in [1.54, 1.807) is 25.3 Å². The van der Waals surface area contributed by atoms with Crippen LogP contribution in [0.4, 0.5) is 29.3 Å². The molecule has 0 spiro atoms. The molecule has 0 aliphatic heterocycles. The Morgan fingerprint density at radius 1 is 1.14 bits per heavy atom. The van der Waals surface area contributed by atoms with Crippen LogP contribution in [0.15, 0.2) is 34.5 Å². The van der Waals surface area contributed by atoms with E-state index in [2.05, 4.69) is 20.8 Å². The number of nitrogens with one attached hydrogen (secondary N) is 2. The zero-order valence-corrected chi connectivity index (χ0v) is 20.8. The third-order valence-corrected chi connectivity index (χ3v) is 6.03. The number of methoxy groups -OCH3 is 1. The Balaban J connectivity index is 1.67. The first-order valence-corrected chi connectivity index (χ1v) is 11.6. The summed E-state index contributed by atoms with van der Waals surface area (Å²) in [4.78, 5) is 4.75. The molecule has 4 rings (SSSR count). The summed E-state index contributed by atoms with van der Waals surface area (Å²) in [5, 5.41) is 14.3. The summed E-state index contributed by atoms with van der Waals surface area (Å²) in [6.45, 7) is 6.63. The molecule has 0 saturated heterocycles. The number of anilines is 2. The molecule has 3 aromatic rings. The molecule has 0 saturated carbocycles. The highest BCUT2D eigenvalue weighted by Gasteiger charge is 2.28. The average Bonchev–Trinajstić information content (AvgIpc) is 3.24. The molecule has 2 heterocycles. The van der Waals surface area contributed by atoms with Gasteiger partial charge in [-0.1, -0.05) is 25.9 Å². The number of alkyl halides is 3. The Hall–Kier alpha value is -3.21. The molecular weight excluding hydrogens is 478 g/mol. The van der Waals surface area contributed by atoms with Crippen molar-refractivity contribution in [2.75, 3.05) is 24.3 Å². The van der Waals surface area contributed by atoms with Crippen LogP contribution in [-0.4, -0.2) is 47.2 Å². The maximum absolute atomic E-state index is 13.9. The minimum Gasteiger partial charge on any atom is -0.402 e. The van der Waals surface area contributed by atoms with E-state index in [-0.39, 0.29) is 36.3 Å². The number of fused-ring (bicyclic) bond motifs is 1. The number of ether oxygens (including phenoxy) is 1. The van der Waals surface area contributed by atoms with Crippen LogP contribution in [0.1, 0.15) is 44.7 Å². The minimum absolute atomic E-state index is 0.123. The van der Waals surface area contributed by atoms with E-state index in [4.69, 9.17) is 14.1 Å². The molecule has 2 aromatic heterocycles. The number of benzene rings is 1. The van der Waals surface area contributed by atoms with Crippen LogP contribution in [0.3, 0.4) is 0 Å². The lowest BCUT2D eigenvalue weighted by molar-refractivity contribution is -0.115. The monoisotopic (exact) mass is 507 g/mol. The maximum atomic E-state index is 13.9. The fourth-order valence-corrected chi connectivity index (χ4v) is 4.24. The van der Waals surface area contributed by atoms with Gasteiger partial charge >= 0.3 is 12.2 Å². The van der Waals surface area contributed by atoms with Crippen molar-refractivity contribution in [3.05, 3.63) is 41.2 Å². The van der Waals surface area contributed by atoms with Crippen LogP contribution in [0.25, 0.3) is 22.5 Å². The number of hydrogen-bond donors (Lipinski definition) is 2. The predicted octanol–water partition coefficient (Wildman–Crippen LogP) is 6.31. The zero-order valence-electron chi connectivity index (χ0n) is 20.8. The molecule has 0 amide bonds. The van der Waals surface area contributed by atoms with E-state index in [0.717, 1.165) is 16.5 Å². The summed E-state index contributed by atoms with van der Waals surface area (Å²) in [5.41, 5.74) is 2.62. The number of pyridine rings is 1. The van der Waals surface area contributed by atoms with Gasteiger partial charge in [0.05, 0.1) is 17.7 Å². The predicted molar refractivity (Wildman–Crippen MR) is 130 cm³/mol. The smallest absolute Gasteiger partial charge is 0.402 e. The molecule has 7 nitrogen and oxygen atoms in total. The van der Waals surface area contributed by atoms with Crippen molar-refractivity contribution in [2.45, 2.75) is 64.3 Å². The van der Waals surface area contributed by atoms with E-state index in [1.165, 1.54) is 6.08 Å². The lowest BCUT2D eigenvalue weighted by Crippen LogP contribution is -2.29. The van der Waals surface area contributed by atoms with Crippen molar-refractivity contribution in [1.82, 2.24) is 15.2 Å². The van der Waals surface area contributed by atoms with Gasteiger partial charge in [0.15, 0.2) is 0 Å². The second kappa shape index (κ2) is 9.68. The third kappa shape index (κ3) is 5.95. The Morgan fingerprint density at radius 2 is 1.89 bits per heavy atom. The van der Waals surface area contributed by atoms with Crippen LogP contribution in [0.2, 0.25) is 0 Å². The molecule has 36 heavy (non-hydrogen) atoms. The molecule has 0 unspecified atom stereocenters. The van der Waals surface area contributed by atoms with Crippen LogP contribution < -0.4 is 10.6 Å². The molecule has 2 N–H and O–H groups in total. The third-order valence-electron chi connectivity index (χ3n) is 6.03. The van der Waals surface area contributed by atoms with E-state index in [1.807, 2.05) is 27.7 Å². The number of aromatic nitrogens is 3. The maximum Gasteiger partial charge on any atom is 0.405 e. The highest BCUT2D eigenvalue weighted by Crippen LogP contribution is 2.36. The Bertz CT molecular complexity index is 1280. The van der Waals surface area contributed by atoms with Crippen molar-refractivity contribution in [3.8, 4) is 11.6 Å². The second-order valence-corrected chi connectivity index (χ2v) is 10.0. The standard InChI is InChI=1S/C25H29F4N5O2/c1-13-6-20(22-33-34-23(36-22)31-16-7-14(26)8-17(9-16)35-5)32-21-18(13)10-15(30-12-25(27,28)29)11-19(21)24(2,3)4/h6-7,10-11,16-17,30H,8-9,12H2,1-5H3,(H,31,34)/t16-,17+/m1/s1. The van der Waals surface area contributed by atoms with Crippen LogP contribution in [0, 0.1) is 6.92 Å². The average molecular weight is 508 g/mol. The second-order valence-electron chi connectivity index (χ2n) is 10.0. The first-order valence-electron chi connectivity index (χ1n) is 11.6. The normalized spacial score (nSPS) is 18.9. The highest BCUT2D eigenvalue weighted by atomic mass is 19.4. The Labute approximate surface area is 206 Å². The van der Waals surface area contributed by atoms with Crippen molar-refractivity contribution in [1.29, 1.82) is 0 Å². The van der Waals surface area contributed by atoms with Crippen molar-refractivity contribution >= 4 is 22.6 Å². The van der Waals surface area contributed by atoms with E-state index < -0.39 is 18.1 Å². The quantitative estimate of drug-likeness (QED) is 0.378. The van der Waals surface area contributed by atoms with Gasteiger partial charge in [0, 0.05) is 24.6 Å². The van der Waals surface area contributed by atoms with Gasteiger partial charge in [-0.15, -0.1) is 5.10 Å². The number of aryl methyl sites for hydroxylation is 1. The molecule has 1 aliphatic rings. The summed E-state index contributed by atoms with van der Waals surface area (Å²) in [6.07, 6.45) is -2.33. The molecule has 1 aliphatic carbocycles. The summed E-state index contributed by atoms with van der Waals surface area (Å²) < 4.78 is 63.3. The van der Waals surface area contributed by atoms with Crippen LogP contribution in [-0.2, 0) is 10.2 Å². The Kier molecular flexibility index (Phi) is 6.96. The lowest BCUT2D eigenvalue weighted by Gasteiger charge is -2.24. The van der Waals surface area contributed by atoms with Gasteiger partial charge in [0.2, 0.25) is 0 Å². The van der Waals surface area contributed by atoms with Gasteiger partial charge in [-0.25, -0.2) is 9.37 Å². The molecule has 2 atom stereocenters. The first kappa shape index (κ1) is 25.9. The number of rotatable bonds is 6. The number of nitrogens with zero attached hydrogens (tertiary/aromatic N) is 3. The topological polar surface area (TPSA) is 85.1 Å². The summed E-state index contributed by atoms with van der Waals surface area (Å²) in [5.74, 6) is -0.0962. The highest BCUT2D eigenvalue weighted by molar-refractivity contribution is 5.90. The lowest BCUT2D eigenvalue weighted by atomic mass is 9.84. The molecule has 194 valence electrons. The minimum atomic E-state index is -4.33. The van der Waals surface area contributed by atoms with Crippen LogP contribution >= 0.6 is 0 Å². The number of hydrogen-bond acceptors (Lipinski definition) is 7. The summed E-state index contributed by atoms with van der Waals surface area (Å²) >= 11 is 0. The van der Waals surface area contributed by atoms with Gasteiger partial charge in [0.25, 0.3) is 5.89 Å². The molecule has 0 fully saturated rings. The Morgan fingerprint density at radius 3 is 2.56 bits per heavy atom. The van der Waals surface area contributed by atoms with E-state index in [0.29, 0.717) is 23.3 Å². The van der Waals surface area contributed by atoms with Gasteiger partial charge in [0.1, 0.15) is 18.1 Å². The van der Waals surface area contributed by atoms with Crippen molar-refractivity contribution in [3.63, 3.8) is 0 Å². The number of halogens is 4.